The number of amides is 2. The third kappa shape index (κ3) is 7.56. The Morgan fingerprint density at radius 2 is 1.40 bits per heavy atom. The van der Waals surface area contributed by atoms with Gasteiger partial charge in [-0.15, -0.1) is 0 Å². The van der Waals surface area contributed by atoms with Gasteiger partial charge in [-0.25, -0.2) is 8.42 Å². The van der Waals surface area contributed by atoms with Crippen LogP contribution < -0.4 is 9.62 Å². The summed E-state index contributed by atoms with van der Waals surface area (Å²) in [4.78, 5) is 28.5. The van der Waals surface area contributed by atoms with Crippen molar-refractivity contribution in [2.45, 2.75) is 64.6 Å². The molecule has 3 rings (SSSR count). The number of hydrogen-bond donors (Lipinski definition) is 1. The Labute approximate surface area is 247 Å². The van der Waals surface area contributed by atoms with Crippen LogP contribution in [0.2, 0.25) is 10.0 Å². The average molecular weight is 605 g/mol. The molecule has 0 heterocycles. The first-order valence-electron chi connectivity index (χ1n) is 13.0. The van der Waals surface area contributed by atoms with E-state index in [2.05, 4.69) is 5.32 Å². The fraction of sp³-hybridized carbons (Fsp3) is 0.333. The Kier molecular flexibility index (Phi) is 10.6. The molecule has 40 heavy (non-hydrogen) atoms. The molecule has 0 spiro atoms. The van der Waals surface area contributed by atoms with Crippen LogP contribution in [0.3, 0.4) is 0 Å². The van der Waals surface area contributed by atoms with Gasteiger partial charge in [-0.1, -0.05) is 71.6 Å². The normalized spacial score (nSPS) is 12.9. The van der Waals surface area contributed by atoms with E-state index < -0.39 is 28.5 Å². The second-order valence-corrected chi connectivity index (χ2v) is 12.6. The van der Waals surface area contributed by atoms with Gasteiger partial charge in [0.25, 0.3) is 10.0 Å². The second kappa shape index (κ2) is 13.5. The van der Waals surface area contributed by atoms with Crippen molar-refractivity contribution in [1.82, 2.24) is 10.2 Å². The lowest BCUT2D eigenvalue weighted by atomic mass is 10.1. The highest BCUT2D eigenvalue weighted by Gasteiger charge is 2.33. The molecule has 2 atom stereocenters. The number of halogens is 2. The van der Waals surface area contributed by atoms with E-state index in [0.717, 1.165) is 15.4 Å². The summed E-state index contributed by atoms with van der Waals surface area (Å²) >= 11 is 12.8. The van der Waals surface area contributed by atoms with Crippen LogP contribution in [0.5, 0.6) is 0 Å². The summed E-state index contributed by atoms with van der Waals surface area (Å²) in [5.74, 6) is -0.951. The van der Waals surface area contributed by atoms with Crippen LogP contribution in [0.25, 0.3) is 0 Å². The number of carbonyl (C=O) groups is 2. The fourth-order valence-corrected chi connectivity index (χ4v) is 5.91. The van der Waals surface area contributed by atoms with Gasteiger partial charge in [0.2, 0.25) is 11.8 Å². The molecule has 0 aliphatic carbocycles. The van der Waals surface area contributed by atoms with Crippen LogP contribution in [-0.4, -0.2) is 43.8 Å². The molecule has 0 bridgehead atoms. The SMILES string of the molecule is CC[C@H](C)NC(=O)[C@@H](C)N(Cc1c(Cl)cccc1Cl)C(=O)CN(c1ccc(C)cc1)S(=O)(=O)c1ccc(C)cc1. The molecule has 214 valence electrons. The molecule has 0 saturated heterocycles. The minimum Gasteiger partial charge on any atom is -0.352 e. The number of sulfonamides is 1. The molecule has 3 aromatic carbocycles. The summed E-state index contributed by atoms with van der Waals surface area (Å²) in [5, 5.41) is 3.57. The van der Waals surface area contributed by atoms with Crippen LogP contribution in [0.15, 0.2) is 71.6 Å². The van der Waals surface area contributed by atoms with Crippen molar-refractivity contribution in [2.24, 2.45) is 0 Å². The maximum atomic E-state index is 14.0. The number of carbonyl (C=O) groups excluding carboxylic acids is 2. The molecule has 2 amide bonds. The minimum atomic E-state index is -4.14. The standard InChI is InChI=1S/C30H35Cl2N3O4S/c1-6-22(4)33-30(37)23(5)34(18-26-27(31)8-7-9-28(26)32)29(36)19-35(24-14-10-20(2)11-15-24)40(38,39)25-16-12-21(3)13-17-25/h7-17,22-23H,6,18-19H2,1-5H3,(H,33,37)/t22-,23+/m0/s1. The zero-order valence-electron chi connectivity index (χ0n) is 23.3. The largest absolute Gasteiger partial charge is 0.352 e. The van der Waals surface area contributed by atoms with Gasteiger partial charge in [0.05, 0.1) is 10.6 Å². The van der Waals surface area contributed by atoms with Gasteiger partial charge in [0, 0.05) is 28.2 Å². The number of benzene rings is 3. The molecule has 0 aliphatic rings. The highest BCUT2D eigenvalue weighted by molar-refractivity contribution is 7.92. The van der Waals surface area contributed by atoms with Gasteiger partial charge in [0.1, 0.15) is 12.6 Å². The summed E-state index contributed by atoms with van der Waals surface area (Å²) < 4.78 is 28.8. The zero-order chi connectivity index (χ0) is 29.6. The van der Waals surface area contributed by atoms with Crippen molar-refractivity contribution in [3.63, 3.8) is 0 Å². The number of rotatable bonds is 11. The predicted octanol–water partition coefficient (Wildman–Crippen LogP) is 6.14. The van der Waals surface area contributed by atoms with Crippen LogP contribution in [0.1, 0.15) is 43.9 Å². The summed E-state index contributed by atoms with van der Waals surface area (Å²) in [6, 6.07) is 17.2. The molecule has 0 aromatic heterocycles. The van der Waals surface area contributed by atoms with Crippen LogP contribution in [0, 0.1) is 13.8 Å². The topological polar surface area (TPSA) is 86.8 Å². The average Bonchev–Trinajstić information content (AvgIpc) is 2.91. The van der Waals surface area contributed by atoms with Gasteiger partial charge < -0.3 is 10.2 Å². The molecule has 0 radical (unpaired) electrons. The van der Waals surface area contributed by atoms with E-state index in [-0.39, 0.29) is 23.4 Å². The van der Waals surface area contributed by atoms with Gasteiger partial charge in [0.15, 0.2) is 0 Å². The Morgan fingerprint density at radius 3 is 1.93 bits per heavy atom. The molecular formula is C30H35Cl2N3O4S. The molecule has 0 unspecified atom stereocenters. The van der Waals surface area contributed by atoms with Gasteiger partial charge in [-0.2, -0.15) is 0 Å². The molecule has 3 aromatic rings. The lowest BCUT2D eigenvalue weighted by Gasteiger charge is -2.33. The molecular weight excluding hydrogens is 569 g/mol. The van der Waals surface area contributed by atoms with Crippen LogP contribution >= 0.6 is 23.2 Å². The second-order valence-electron chi connectivity index (χ2n) is 9.88. The minimum absolute atomic E-state index is 0.0507. The van der Waals surface area contributed by atoms with E-state index in [1.807, 2.05) is 27.7 Å². The molecule has 10 heteroatoms. The van der Waals surface area contributed by atoms with Crippen molar-refractivity contribution in [1.29, 1.82) is 0 Å². The maximum Gasteiger partial charge on any atom is 0.264 e. The summed E-state index contributed by atoms with van der Waals surface area (Å²) in [7, 11) is -4.14. The Morgan fingerprint density at radius 1 is 0.875 bits per heavy atom. The van der Waals surface area contributed by atoms with E-state index in [4.69, 9.17) is 23.2 Å². The predicted molar refractivity (Wildman–Crippen MR) is 161 cm³/mol. The number of nitrogens with zero attached hydrogens (tertiary/aromatic N) is 2. The first-order chi connectivity index (χ1) is 18.8. The summed E-state index contributed by atoms with van der Waals surface area (Å²) in [5.41, 5.74) is 2.63. The smallest absolute Gasteiger partial charge is 0.264 e. The number of aryl methyl sites for hydroxylation is 2. The number of anilines is 1. The molecule has 0 saturated carbocycles. The van der Waals surface area contributed by atoms with Crippen molar-refractivity contribution in [2.75, 3.05) is 10.8 Å². The van der Waals surface area contributed by atoms with Gasteiger partial charge in [-0.05, 0) is 70.5 Å². The van der Waals surface area contributed by atoms with E-state index >= 15 is 0 Å². The molecule has 0 aliphatic heterocycles. The van der Waals surface area contributed by atoms with Gasteiger partial charge >= 0.3 is 0 Å². The van der Waals surface area contributed by atoms with Crippen LogP contribution in [-0.2, 0) is 26.2 Å². The van der Waals surface area contributed by atoms with E-state index in [0.29, 0.717) is 27.7 Å². The number of nitrogens with one attached hydrogen (secondary N) is 1. The molecule has 0 fully saturated rings. The lowest BCUT2D eigenvalue weighted by Crippen LogP contribution is -2.52. The third-order valence-corrected chi connectivity index (χ3v) is 9.26. The Balaban J connectivity index is 2.06. The van der Waals surface area contributed by atoms with E-state index in [1.165, 1.54) is 17.0 Å². The lowest BCUT2D eigenvalue weighted by molar-refractivity contribution is -0.139. The Hall–Kier alpha value is -3.07. The zero-order valence-corrected chi connectivity index (χ0v) is 25.6. The quantitative estimate of drug-likeness (QED) is 0.285. The van der Waals surface area contributed by atoms with Crippen molar-refractivity contribution >= 4 is 50.7 Å². The number of hydrogen-bond acceptors (Lipinski definition) is 4. The monoisotopic (exact) mass is 603 g/mol. The van der Waals surface area contributed by atoms with E-state index in [9.17, 15) is 18.0 Å². The highest BCUT2D eigenvalue weighted by atomic mass is 35.5. The van der Waals surface area contributed by atoms with Crippen molar-refractivity contribution < 1.29 is 18.0 Å². The molecule has 1 N–H and O–H groups in total. The van der Waals surface area contributed by atoms with Crippen molar-refractivity contribution in [3.8, 4) is 0 Å². The first kappa shape index (κ1) is 31.5. The van der Waals surface area contributed by atoms with Crippen LogP contribution in [0.4, 0.5) is 5.69 Å². The maximum absolute atomic E-state index is 14.0. The fourth-order valence-electron chi connectivity index (χ4n) is 3.98. The van der Waals surface area contributed by atoms with Gasteiger partial charge in [-0.3, -0.25) is 13.9 Å². The van der Waals surface area contributed by atoms with E-state index in [1.54, 1.807) is 61.5 Å². The summed E-state index contributed by atoms with van der Waals surface area (Å²) in [6.07, 6.45) is 0.707. The van der Waals surface area contributed by atoms with Crippen molar-refractivity contribution in [3.05, 3.63) is 93.5 Å². The first-order valence-corrected chi connectivity index (χ1v) is 15.2. The highest BCUT2D eigenvalue weighted by Crippen LogP contribution is 2.28. The molecule has 7 nitrogen and oxygen atoms in total. The Bertz CT molecular complexity index is 1420. The third-order valence-electron chi connectivity index (χ3n) is 6.77. The summed E-state index contributed by atoms with van der Waals surface area (Å²) in [6.45, 7) is 8.54.